The normalized spacial score (nSPS) is 24.9. The van der Waals surface area contributed by atoms with Crippen LogP contribution in [0, 0.1) is 5.92 Å². The van der Waals surface area contributed by atoms with E-state index in [1.807, 2.05) is 71.8 Å². The van der Waals surface area contributed by atoms with E-state index in [2.05, 4.69) is 11.4 Å². The van der Waals surface area contributed by atoms with Crippen molar-refractivity contribution in [3.63, 3.8) is 0 Å². The van der Waals surface area contributed by atoms with Crippen molar-refractivity contribution < 1.29 is 23.9 Å². The highest BCUT2D eigenvalue weighted by Gasteiger charge is 2.70. The Morgan fingerprint density at radius 2 is 1.76 bits per heavy atom. The van der Waals surface area contributed by atoms with Gasteiger partial charge in [-0.1, -0.05) is 48.5 Å². The molecule has 3 aromatic carbocycles. The average molecular weight is 561 g/mol. The van der Waals surface area contributed by atoms with Crippen LogP contribution >= 0.6 is 11.3 Å². The van der Waals surface area contributed by atoms with Crippen LogP contribution in [0.4, 0.5) is 11.4 Å². The Labute approximate surface area is 240 Å². The zero-order valence-electron chi connectivity index (χ0n) is 22.0. The lowest BCUT2D eigenvalue weighted by Crippen LogP contribution is -2.51. The summed E-state index contributed by atoms with van der Waals surface area (Å²) in [5.74, 6) is -0.746. The third kappa shape index (κ3) is 3.16. The quantitative estimate of drug-likeness (QED) is 0.321. The number of anilines is 2. The van der Waals surface area contributed by atoms with Crippen molar-refractivity contribution in [2.75, 3.05) is 17.0 Å². The number of rotatable bonds is 4. The Morgan fingerprint density at radius 1 is 0.951 bits per heavy atom. The maximum absolute atomic E-state index is 14.9. The van der Waals surface area contributed by atoms with Gasteiger partial charge in [-0.25, -0.2) is 0 Å². The molecule has 0 aliphatic carbocycles. The molecule has 0 saturated carbocycles. The fraction of sp³-hybridized carbons (Fsp3) is 0.182. The molecule has 1 N–H and O–H groups in total. The maximum atomic E-state index is 14.9. The second-order valence-electron chi connectivity index (χ2n) is 10.8. The highest BCUT2D eigenvalue weighted by molar-refractivity contribution is 7.12. The van der Waals surface area contributed by atoms with E-state index in [1.54, 1.807) is 24.3 Å². The summed E-state index contributed by atoms with van der Waals surface area (Å²) < 4.78 is 11.1. The molecule has 0 radical (unpaired) electrons. The van der Waals surface area contributed by atoms with Crippen molar-refractivity contribution in [2.45, 2.75) is 24.4 Å². The Morgan fingerprint density at radius 3 is 2.61 bits per heavy atom. The molecule has 202 valence electrons. The van der Waals surface area contributed by atoms with Crippen molar-refractivity contribution >= 4 is 45.8 Å². The number of benzene rings is 3. The number of carbonyl (C=O) groups is 3. The first kappa shape index (κ1) is 24.1. The van der Waals surface area contributed by atoms with Gasteiger partial charge in [0.1, 0.15) is 11.5 Å². The summed E-state index contributed by atoms with van der Waals surface area (Å²) in [6.45, 7) is 2.10. The summed E-state index contributed by atoms with van der Waals surface area (Å²) in [7, 11) is 0. The number of ketones is 2. The van der Waals surface area contributed by atoms with Crippen LogP contribution in [-0.2, 0) is 10.2 Å². The van der Waals surface area contributed by atoms with Crippen LogP contribution in [-0.4, -0.2) is 36.4 Å². The lowest BCUT2D eigenvalue weighted by Gasteiger charge is -2.39. The molecule has 4 aliphatic rings. The standard InChI is InChI=1S/C33H24N2O5S/c1-18-15-27-33(21-8-3-4-9-22(21)34-32(33)38)28(30(36)19-12-13-24-25(16-19)40-17-39-24)29(31(37)26-11-6-14-41-26)35(27)23-10-5-2-7-20(18)23/h2-16,27-29H,17H2,1H3,(H,34,38)/t27-,28+,29-,33-/m0/s1. The summed E-state index contributed by atoms with van der Waals surface area (Å²) >= 11 is 1.34. The molecule has 1 fully saturated rings. The monoisotopic (exact) mass is 560 g/mol. The Balaban J connectivity index is 1.43. The minimum absolute atomic E-state index is 0.0757. The maximum Gasteiger partial charge on any atom is 0.238 e. The topological polar surface area (TPSA) is 84.9 Å². The van der Waals surface area contributed by atoms with Crippen molar-refractivity contribution in [3.8, 4) is 11.5 Å². The first-order valence-corrected chi connectivity index (χ1v) is 14.4. The van der Waals surface area contributed by atoms with Gasteiger partial charge in [-0.3, -0.25) is 14.4 Å². The van der Waals surface area contributed by atoms with E-state index in [-0.39, 0.29) is 24.3 Å². The van der Waals surface area contributed by atoms with Crippen LogP contribution < -0.4 is 19.7 Å². The zero-order valence-corrected chi connectivity index (χ0v) is 22.8. The van der Waals surface area contributed by atoms with E-state index in [9.17, 15) is 14.4 Å². The van der Waals surface area contributed by atoms with Crippen LogP contribution in [0.2, 0.25) is 0 Å². The van der Waals surface area contributed by atoms with Gasteiger partial charge in [0.15, 0.2) is 23.1 Å². The molecule has 1 spiro atoms. The van der Waals surface area contributed by atoms with Crippen LogP contribution in [0.25, 0.3) is 5.57 Å². The molecular weight excluding hydrogens is 536 g/mol. The summed E-state index contributed by atoms with van der Waals surface area (Å²) in [6.07, 6.45) is 2.06. The Kier molecular flexibility index (Phi) is 5.09. The number of Topliss-reactive ketones (excluding diaryl/α,β-unsaturated/α-hetero) is 2. The smallest absolute Gasteiger partial charge is 0.238 e. The lowest BCUT2D eigenvalue weighted by molar-refractivity contribution is -0.121. The number of hydrogen-bond acceptors (Lipinski definition) is 7. The van der Waals surface area contributed by atoms with Gasteiger partial charge in [-0.15, -0.1) is 11.3 Å². The number of hydrogen-bond donors (Lipinski definition) is 1. The van der Waals surface area contributed by atoms with E-state index in [4.69, 9.17) is 9.47 Å². The summed E-state index contributed by atoms with van der Waals surface area (Å²) in [6, 6.07) is 22.6. The Hall–Kier alpha value is -4.69. The number of ether oxygens (including phenoxy) is 2. The van der Waals surface area contributed by atoms with Crippen LogP contribution in [0.1, 0.15) is 38.1 Å². The SMILES string of the molecule is CC1=C[C@@H]2N(c3ccccc31)[C@H](C(=O)c1cccs1)[C@H](C(=O)c1ccc3c(c1)OCO3)[C@@]21C(=O)Nc2ccccc21. The number of carbonyl (C=O) groups excluding carboxylic acids is 3. The molecule has 41 heavy (non-hydrogen) atoms. The minimum Gasteiger partial charge on any atom is -0.454 e. The fourth-order valence-corrected chi connectivity index (χ4v) is 7.88. The van der Waals surface area contributed by atoms with E-state index in [1.165, 1.54) is 11.3 Å². The van der Waals surface area contributed by atoms with Crippen LogP contribution in [0.3, 0.4) is 0 Å². The van der Waals surface area contributed by atoms with Crippen LogP contribution in [0.5, 0.6) is 11.5 Å². The molecule has 8 heteroatoms. The molecule has 1 saturated heterocycles. The highest BCUT2D eigenvalue weighted by atomic mass is 32.1. The van der Waals surface area contributed by atoms with E-state index < -0.39 is 23.4 Å². The third-order valence-corrected chi connectivity index (χ3v) is 9.74. The molecule has 0 bridgehead atoms. The number of amides is 1. The largest absolute Gasteiger partial charge is 0.454 e. The molecular formula is C33H24N2O5S. The molecule has 4 aliphatic heterocycles. The Bertz CT molecular complexity index is 1810. The minimum atomic E-state index is -1.35. The summed E-state index contributed by atoms with van der Waals surface area (Å²) in [4.78, 5) is 46.5. The summed E-state index contributed by atoms with van der Waals surface area (Å²) in [5, 5.41) is 4.93. The van der Waals surface area contributed by atoms with Gasteiger partial charge in [0.2, 0.25) is 12.7 Å². The van der Waals surface area contributed by atoms with E-state index >= 15 is 0 Å². The second kappa shape index (κ2) is 8.65. The average Bonchev–Trinajstić information content (AvgIpc) is 3.79. The van der Waals surface area contributed by atoms with Crippen LogP contribution in [0.15, 0.2) is 90.3 Å². The van der Waals surface area contributed by atoms with Gasteiger partial charge in [0.25, 0.3) is 0 Å². The molecule has 7 nitrogen and oxygen atoms in total. The highest BCUT2D eigenvalue weighted by Crippen LogP contribution is 2.59. The zero-order chi connectivity index (χ0) is 27.9. The second-order valence-corrected chi connectivity index (χ2v) is 11.7. The van der Waals surface area contributed by atoms with Gasteiger partial charge in [0, 0.05) is 22.5 Å². The number of allylic oxidation sites excluding steroid dienone is 1. The predicted molar refractivity (Wildman–Crippen MR) is 156 cm³/mol. The molecule has 4 atom stereocenters. The predicted octanol–water partition coefficient (Wildman–Crippen LogP) is 5.72. The van der Waals surface area contributed by atoms with Gasteiger partial charge < -0.3 is 19.7 Å². The van der Waals surface area contributed by atoms with Crippen molar-refractivity contribution in [2.24, 2.45) is 5.92 Å². The third-order valence-electron chi connectivity index (χ3n) is 8.86. The molecule has 8 rings (SSSR count). The van der Waals surface area contributed by atoms with Crippen molar-refractivity contribution in [1.82, 2.24) is 0 Å². The molecule has 5 heterocycles. The number of nitrogens with zero attached hydrogens (tertiary/aromatic N) is 1. The first-order chi connectivity index (χ1) is 20.0. The lowest BCUT2D eigenvalue weighted by atomic mass is 9.64. The number of thiophene rings is 1. The molecule has 1 amide bonds. The molecule has 0 unspecified atom stereocenters. The van der Waals surface area contributed by atoms with Gasteiger partial charge >= 0.3 is 0 Å². The van der Waals surface area contributed by atoms with Crippen molar-refractivity contribution in [3.05, 3.63) is 112 Å². The van der Waals surface area contributed by atoms with E-state index in [0.29, 0.717) is 27.6 Å². The van der Waals surface area contributed by atoms with Crippen molar-refractivity contribution in [1.29, 1.82) is 0 Å². The van der Waals surface area contributed by atoms with Gasteiger partial charge in [-0.2, -0.15) is 0 Å². The van der Waals surface area contributed by atoms with Gasteiger partial charge in [-0.05, 0) is 59.8 Å². The molecule has 1 aromatic heterocycles. The number of nitrogens with one attached hydrogen (secondary N) is 1. The van der Waals surface area contributed by atoms with E-state index in [0.717, 1.165) is 22.4 Å². The fourth-order valence-electron chi connectivity index (χ4n) is 7.18. The first-order valence-electron chi connectivity index (χ1n) is 13.5. The molecule has 4 aromatic rings. The summed E-state index contributed by atoms with van der Waals surface area (Å²) in [5.41, 5.74) is 3.22. The number of para-hydroxylation sites is 2. The number of fused-ring (bicyclic) bond motifs is 7. The van der Waals surface area contributed by atoms with Gasteiger partial charge in [0.05, 0.1) is 16.8 Å².